The maximum absolute atomic E-state index is 12.5. The summed E-state index contributed by atoms with van der Waals surface area (Å²) in [6, 6.07) is 11.1. The molecule has 0 radical (unpaired) electrons. The fourth-order valence-electron chi connectivity index (χ4n) is 2.92. The van der Waals surface area contributed by atoms with E-state index >= 15 is 0 Å². The number of nitrogens with one attached hydrogen (secondary N) is 3. The van der Waals surface area contributed by atoms with Gasteiger partial charge in [-0.25, -0.2) is 4.98 Å². The largest absolute Gasteiger partial charge is 0.458 e. The predicted molar refractivity (Wildman–Crippen MR) is 141 cm³/mol. The third kappa shape index (κ3) is 8.38. The molecule has 186 valence electrons. The number of fused-ring (bicyclic) bond motifs is 1. The molecule has 12 heteroatoms. The molecule has 3 aromatic rings. The Morgan fingerprint density at radius 2 is 2.00 bits per heavy atom. The fourth-order valence-corrected chi connectivity index (χ4v) is 3.81. The molecular weight excluding hydrogens is 594 g/mol. The zero-order valence-electron chi connectivity index (χ0n) is 18.6. The lowest BCUT2D eigenvalue weighted by Crippen LogP contribution is -2.27. The summed E-state index contributed by atoms with van der Waals surface area (Å²) in [6.45, 7) is 2.03. The quantitative estimate of drug-likeness (QED) is 0.0403. The minimum atomic E-state index is -4.33. The van der Waals surface area contributed by atoms with Gasteiger partial charge in [0.05, 0.1) is 15.6 Å². The molecule has 7 nitrogen and oxygen atoms in total. The van der Waals surface area contributed by atoms with Crippen molar-refractivity contribution in [2.75, 3.05) is 9.87 Å². The van der Waals surface area contributed by atoms with E-state index in [4.69, 9.17) is 10.5 Å². The second-order valence-corrected chi connectivity index (χ2v) is 9.10. The smallest absolute Gasteiger partial charge is 0.446 e. The summed E-state index contributed by atoms with van der Waals surface area (Å²) in [4.78, 5) is 19.6. The van der Waals surface area contributed by atoms with Crippen molar-refractivity contribution < 1.29 is 22.7 Å². The summed E-state index contributed by atoms with van der Waals surface area (Å²) in [5.41, 5.74) is 3.52. The topological polar surface area (TPSA) is 105 Å². The third-order valence-electron chi connectivity index (χ3n) is 4.46. The number of anilines is 2. The van der Waals surface area contributed by atoms with Crippen LogP contribution in [0, 0.1) is 0 Å². The minimum absolute atomic E-state index is 0.0396. The molecule has 2 aromatic carbocycles. The Morgan fingerprint density at radius 3 is 2.66 bits per heavy atom. The average molecular weight is 617 g/mol. The van der Waals surface area contributed by atoms with Crippen molar-refractivity contribution in [1.82, 2.24) is 15.3 Å². The lowest BCUT2D eigenvalue weighted by molar-refractivity contribution is -0.117. The van der Waals surface area contributed by atoms with Crippen molar-refractivity contribution in [2.24, 2.45) is 5.73 Å². The molecule has 0 aliphatic rings. The van der Waals surface area contributed by atoms with Gasteiger partial charge in [0, 0.05) is 22.7 Å². The number of aromatic amines is 1. The van der Waals surface area contributed by atoms with E-state index in [-0.39, 0.29) is 28.3 Å². The van der Waals surface area contributed by atoms with Crippen molar-refractivity contribution in [3.8, 4) is 5.75 Å². The van der Waals surface area contributed by atoms with Crippen molar-refractivity contribution >= 4 is 62.9 Å². The number of carbonyl (C=O) groups excluding carboxylic acids is 1. The van der Waals surface area contributed by atoms with E-state index in [0.717, 1.165) is 12.8 Å². The first-order chi connectivity index (χ1) is 16.7. The van der Waals surface area contributed by atoms with Gasteiger partial charge in [0.2, 0.25) is 5.95 Å². The molecule has 0 bridgehead atoms. The predicted octanol–water partition coefficient (Wildman–Crippen LogP) is 6.33. The Labute approximate surface area is 217 Å². The number of unbranched alkanes of at least 4 members (excludes halogenated alkanes) is 1. The fraction of sp³-hybridized carbons (Fsp3) is 0.217. The number of benzene rings is 2. The zero-order chi connectivity index (χ0) is 25.4. The van der Waals surface area contributed by atoms with Crippen LogP contribution in [0.1, 0.15) is 19.8 Å². The van der Waals surface area contributed by atoms with Crippen LogP contribution in [0.25, 0.3) is 11.0 Å². The number of aromatic nitrogens is 2. The number of rotatable bonds is 10. The van der Waals surface area contributed by atoms with Gasteiger partial charge in [-0.1, -0.05) is 35.9 Å². The van der Waals surface area contributed by atoms with Crippen LogP contribution in [0.5, 0.6) is 5.75 Å². The standard InChI is InChI=1S/C23H23F3IN5O2S/c1-2-3-4-15(11-18(28)21(33)29-13-27)34-16-7-10-19-20(12-16)32-22(31-19)30-14-5-8-17(9-6-14)35-23(24,25)26/h4-12H,2-3,13,28H2,1H3,(H,29,33)(H2,30,31,32)/b15-4+,18-11-. The first-order valence-corrected chi connectivity index (χ1v) is 12.8. The summed E-state index contributed by atoms with van der Waals surface area (Å²) >= 11 is 1.85. The third-order valence-corrected chi connectivity index (χ3v) is 5.58. The minimum Gasteiger partial charge on any atom is -0.458 e. The van der Waals surface area contributed by atoms with Gasteiger partial charge in [-0.2, -0.15) is 13.2 Å². The van der Waals surface area contributed by atoms with Crippen molar-refractivity contribution in [3.05, 3.63) is 66.1 Å². The second kappa shape index (κ2) is 12.2. The Bertz CT molecular complexity index is 1230. The number of hydrogen-bond donors (Lipinski definition) is 4. The average Bonchev–Trinajstić information content (AvgIpc) is 3.19. The molecule has 0 aliphatic carbocycles. The number of nitrogens with zero attached hydrogens (tertiary/aromatic N) is 1. The molecule has 0 saturated carbocycles. The van der Waals surface area contributed by atoms with E-state index in [1.54, 1.807) is 30.3 Å². The summed E-state index contributed by atoms with van der Waals surface area (Å²) in [5, 5.41) is 5.67. The number of amides is 1. The Hall–Kier alpha value is -2.87. The number of alkyl halides is 4. The highest BCUT2D eigenvalue weighted by Gasteiger charge is 2.29. The summed E-state index contributed by atoms with van der Waals surface area (Å²) < 4.78 is 43.9. The molecule has 1 heterocycles. The number of thioether (sulfide) groups is 1. The van der Waals surface area contributed by atoms with Crippen molar-refractivity contribution in [1.29, 1.82) is 0 Å². The highest BCUT2D eigenvalue weighted by atomic mass is 127. The molecule has 5 N–H and O–H groups in total. The van der Waals surface area contributed by atoms with Gasteiger partial charge < -0.3 is 26.1 Å². The van der Waals surface area contributed by atoms with Gasteiger partial charge in [0.25, 0.3) is 5.91 Å². The molecule has 0 unspecified atom stereocenters. The maximum atomic E-state index is 12.5. The van der Waals surface area contributed by atoms with Crippen LogP contribution < -0.4 is 21.1 Å². The van der Waals surface area contributed by atoms with E-state index in [2.05, 4.69) is 20.6 Å². The number of H-pyrrole nitrogens is 1. The highest BCUT2D eigenvalue weighted by Crippen LogP contribution is 2.37. The molecule has 0 saturated heterocycles. The Kier molecular flexibility index (Phi) is 9.32. The molecule has 0 fully saturated rings. The number of hydrogen-bond acceptors (Lipinski definition) is 6. The SMILES string of the molecule is CCC/C=C(\C=C(/N)C(=O)NCI)Oc1ccc2nc(Nc3ccc(SC(F)(F)F)cc3)[nH]c2c1. The van der Waals surface area contributed by atoms with Gasteiger partial charge in [-0.15, -0.1) is 0 Å². The van der Waals surface area contributed by atoms with Gasteiger partial charge in [-0.3, -0.25) is 4.79 Å². The normalized spacial score (nSPS) is 12.6. The van der Waals surface area contributed by atoms with E-state index in [1.807, 2.05) is 35.6 Å². The van der Waals surface area contributed by atoms with Crippen LogP contribution in [-0.2, 0) is 4.79 Å². The zero-order valence-corrected chi connectivity index (χ0v) is 21.6. The van der Waals surface area contributed by atoms with Gasteiger partial charge in [0.1, 0.15) is 17.2 Å². The van der Waals surface area contributed by atoms with Crippen LogP contribution in [0.15, 0.2) is 71.0 Å². The van der Waals surface area contributed by atoms with Crippen LogP contribution in [-0.4, -0.2) is 25.9 Å². The van der Waals surface area contributed by atoms with Gasteiger partial charge in [0.15, 0.2) is 0 Å². The number of nitrogens with two attached hydrogens (primary N) is 1. The number of carbonyl (C=O) groups is 1. The Morgan fingerprint density at radius 1 is 1.26 bits per heavy atom. The molecule has 35 heavy (non-hydrogen) atoms. The first kappa shape index (κ1) is 26.7. The first-order valence-electron chi connectivity index (χ1n) is 10.5. The van der Waals surface area contributed by atoms with E-state index in [0.29, 0.717) is 38.7 Å². The number of halogens is 4. The number of allylic oxidation sites excluding steroid dienone is 2. The molecule has 0 aliphatic heterocycles. The summed E-state index contributed by atoms with van der Waals surface area (Å²) in [7, 11) is 0. The van der Waals surface area contributed by atoms with Crippen LogP contribution >= 0.6 is 34.4 Å². The van der Waals surface area contributed by atoms with E-state index in [1.165, 1.54) is 18.2 Å². The summed E-state index contributed by atoms with van der Waals surface area (Å²) in [6.07, 6.45) is 4.98. The molecule has 1 amide bonds. The van der Waals surface area contributed by atoms with Crippen LogP contribution in [0.3, 0.4) is 0 Å². The van der Waals surface area contributed by atoms with Gasteiger partial charge >= 0.3 is 5.51 Å². The lowest BCUT2D eigenvalue weighted by atomic mass is 10.2. The monoisotopic (exact) mass is 617 g/mol. The maximum Gasteiger partial charge on any atom is 0.446 e. The number of ether oxygens (including phenoxy) is 1. The van der Waals surface area contributed by atoms with Crippen LogP contribution in [0.2, 0.25) is 0 Å². The van der Waals surface area contributed by atoms with Crippen molar-refractivity contribution in [2.45, 2.75) is 30.2 Å². The molecule has 0 atom stereocenters. The molecule has 0 spiro atoms. The summed E-state index contributed by atoms with van der Waals surface area (Å²) in [5.74, 6) is 1.01. The Balaban J connectivity index is 1.75. The second-order valence-electron chi connectivity index (χ2n) is 7.20. The van der Waals surface area contributed by atoms with Gasteiger partial charge in [-0.05, 0) is 60.7 Å². The molecular formula is C23H23F3IN5O2S. The van der Waals surface area contributed by atoms with E-state index in [9.17, 15) is 18.0 Å². The molecule has 1 aromatic heterocycles. The van der Waals surface area contributed by atoms with Crippen molar-refractivity contribution in [3.63, 3.8) is 0 Å². The lowest BCUT2D eigenvalue weighted by Gasteiger charge is -2.08. The molecule has 3 rings (SSSR count). The number of imidazole rings is 1. The van der Waals surface area contributed by atoms with E-state index < -0.39 is 5.51 Å². The van der Waals surface area contributed by atoms with Crippen LogP contribution in [0.4, 0.5) is 24.8 Å². The highest BCUT2D eigenvalue weighted by molar-refractivity contribution is 14.1.